The van der Waals surface area contributed by atoms with Gasteiger partial charge in [0, 0.05) is 22.0 Å². The van der Waals surface area contributed by atoms with E-state index in [0.717, 1.165) is 21.2 Å². The minimum Gasteiger partial charge on any atom is -0.307 e. The SMILES string of the molecule is CCN(c1ccccc1)S(=O)(=O)c1ccc(NC(=O)N2c3ccccc3Sc3ccccc32)cc1. The molecule has 4 aromatic rings. The molecular formula is C27H23N3O3S2. The number of anilines is 4. The average molecular weight is 502 g/mol. The van der Waals surface area contributed by atoms with Gasteiger partial charge in [-0.3, -0.25) is 9.21 Å². The summed E-state index contributed by atoms with van der Waals surface area (Å²) in [5.41, 5.74) is 2.71. The highest BCUT2D eigenvalue weighted by Gasteiger charge is 2.28. The molecule has 0 aromatic heterocycles. The van der Waals surface area contributed by atoms with E-state index in [2.05, 4.69) is 5.32 Å². The van der Waals surface area contributed by atoms with Crippen LogP contribution in [0.5, 0.6) is 0 Å². The van der Waals surface area contributed by atoms with E-state index in [4.69, 9.17) is 0 Å². The Morgan fingerprint density at radius 3 is 1.91 bits per heavy atom. The first-order valence-electron chi connectivity index (χ1n) is 11.1. The van der Waals surface area contributed by atoms with E-state index >= 15 is 0 Å². The molecule has 0 saturated carbocycles. The highest BCUT2D eigenvalue weighted by molar-refractivity contribution is 7.99. The number of hydrogen-bond acceptors (Lipinski definition) is 4. The highest BCUT2D eigenvalue weighted by Crippen LogP contribution is 2.48. The van der Waals surface area contributed by atoms with Gasteiger partial charge in [0.15, 0.2) is 0 Å². The second kappa shape index (κ2) is 9.48. The summed E-state index contributed by atoms with van der Waals surface area (Å²) < 4.78 is 27.9. The largest absolute Gasteiger partial charge is 0.331 e. The van der Waals surface area contributed by atoms with Gasteiger partial charge in [0.25, 0.3) is 10.0 Å². The summed E-state index contributed by atoms with van der Waals surface area (Å²) in [6.07, 6.45) is 0. The Bertz CT molecular complexity index is 1430. The van der Waals surface area contributed by atoms with Crippen LogP contribution in [0.4, 0.5) is 27.5 Å². The second-order valence-electron chi connectivity index (χ2n) is 7.83. The lowest BCUT2D eigenvalue weighted by Crippen LogP contribution is -2.33. The predicted octanol–water partition coefficient (Wildman–Crippen LogP) is 6.74. The van der Waals surface area contributed by atoms with Gasteiger partial charge in [0.2, 0.25) is 0 Å². The maximum absolute atomic E-state index is 13.4. The summed E-state index contributed by atoms with van der Waals surface area (Å²) >= 11 is 1.62. The van der Waals surface area contributed by atoms with Crippen molar-refractivity contribution in [3.8, 4) is 0 Å². The Kier molecular flexibility index (Phi) is 6.23. The zero-order valence-corrected chi connectivity index (χ0v) is 20.6. The molecule has 0 unspecified atom stereocenters. The Labute approximate surface area is 209 Å². The van der Waals surface area contributed by atoms with Crippen LogP contribution in [-0.4, -0.2) is 21.0 Å². The predicted molar refractivity (Wildman–Crippen MR) is 141 cm³/mol. The first-order valence-corrected chi connectivity index (χ1v) is 13.4. The number of amides is 2. The normalized spacial score (nSPS) is 12.4. The molecule has 35 heavy (non-hydrogen) atoms. The molecule has 0 spiro atoms. The average Bonchev–Trinajstić information content (AvgIpc) is 2.88. The van der Waals surface area contributed by atoms with Crippen LogP contribution < -0.4 is 14.5 Å². The Morgan fingerprint density at radius 2 is 1.34 bits per heavy atom. The molecular weight excluding hydrogens is 478 g/mol. The van der Waals surface area contributed by atoms with Crippen molar-refractivity contribution >= 4 is 50.6 Å². The molecule has 8 heteroatoms. The number of sulfonamides is 1. The molecule has 176 valence electrons. The number of carbonyl (C=O) groups excluding carboxylic acids is 1. The lowest BCUT2D eigenvalue weighted by atomic mass is 10.2. The van der Waals surface area contributed by atoms with Crippen molar-refractivity contribution in [1.82, 2.24) is 0 Å². The van der Waals surface area contributed by atoms with Gasteiger partial charge in [0.05, 0.1) is 22.0 Å². The van der Waals surface area contributed by atoms with E-state index in [0.29, 0.717) is 17.9 Å². The van der Waals surface area contributed by atoms with Gasteiger partial charge < -0.3 is 5.32 Å². The third-order valence-electron chi connectivity index (χ3n) is 5.66. The van der Waals surface area contributed by atoms with E-state index in [1.165, 1.54) is 16.4 Å². The molecule has 1 aliphatic heterocycles. The molecule has 0 bridgehead atoms. The zero-order chi connectivity index (χ0) is 24.4. The number of benzene rings is 4. The number of hydrogen-bond donors (Lipinski definition) is 1. The first kappa shape index (κ1) is 23.0. The maximum Gasteiger partial charge on any atom is 0.331 e. The fraction of sp³-hybridized carbons (Fsp3) is 0.0741. The molecule has 0 aliphatic carbocycles. The van der Waals surface area contributed by atoms with Crippen LogP contribution in [-0.2, 0) is 10.0 Å². The van der Waals surface area contributed by atoms with Crippen LogP contribution in [0.25, 0.3) is 0 Å². The highest BCUT2D eigenvalue weighted by atomic mass is 32.2. The molecule has 2 amide bonds. The van der Waals surface area contributed by atoms with E-state index in [9.17, 15) is 13.2 Å². The summed E-state index contributed by atoms with van der Waals surface area (Å²) in [4.78, 5) is 17.2. The molecule has 1 heterocycles. The van der Waals surface area contributed by atoms with Gasteiger partial charge in [-0.1, -0.05) is 54.2 Å². The van der Waals surface area contributed by atoms with Crippen LogP contribution in [0, 0.1) is 0 Å². The van der Waals surface area contributed by atoms with Crippen LogP contribution >= 0.6 is 11.8 Å². The molecule has 0 saturated heterocycles. The molecule has 4 aromatic carbocycles. The standard InChI is InChI=1S/C27H23N3O3S2/c1-2-29(21-10-4-3-5-11-21)35(32,33)22-18-16-20(17-19-22)28-27(31)30-23-12-6-8-14-25(23)34-26-15-9-7-13-24(26)30/h3-19H,2H2,1H3,(H,28,31). The van der Waals surface area contributed by atoms with Gasteiger partial charge in [-0.05, 0) is 67.6 Å². The van der Waals surface area contributed by atoms with E-state index in [-0.39, 0.29) is 10.9 Å². The molecule has 0 atom stereocenters. The maximum atomic E-state index is 13.4. The van der Waals surface area contributed by atoms with Gasteiger partial charge in [-0.2, -0.15) is 0 Å². The van der Waals surface area contributed by atoms with Crippen LogP contribution in [0.15, 0.2) is 118 Å². The molecule has 1 aliphatic rings. The fourth-order valence-corrected chi connectivity index (χ4v) is 6.56. The van der Waals surface area contributed by atoms with Crippen molar-refractivity contribution in [2.75, 3.05) is 21.1 Å². The van der Waals surface area contributed by atoms with E-state index in [1.54, 1.807) is 47.9 Å². The van der Waals surface area contributed by atoms with Gasteiger partial charge in [0.1, 0.15) is 0 Å². The minimum atomic E-state index is -3.74. The molecule has 0 radical (unpaired) electrons. The number of rotatable bonds is 5. The lowest BCUT2D eigenvalue weighted by molar-refractivity contribution is 0.259. The number of urea groups is 1. The molecule has 5 rings (SSSR count). The Morgan fingerprint density at radius 1 is 0.800 bits per heavy atom. The van der Waals surface area contributed by atoms with Crippen molar-refractivity contribution in [3.63, 3.8) is 0 Å². The van der Waals surface area contributed by atoms with Crippen LogP contribution in [0.1, 0.15) is 6.92 Å². The van der Waals surface area contributed by atoms with Crippen molar-refractivity contribution in [1.29, 1.82) is 0 Å². The summed E-state index contributed by atoms with van der Waals surface area (Å²) in [6.45, 7) is 2.10. The third kappa shape index (κ3) is 4.38. The monoisotopic (exact) mass is 501 g/mol. The summed E-state index contributed by atoms with van der Waals surface area (Å²) in [6, 6.07) is 30.4. The smallest absolute Gasteiger partial charge is 0.307 e. The van der Waals surface area contributed by atoms with Gasteiger partial charge >= 0.3 is 6.03 Å². The summed E-state index contributed by atoms with van der Waals surface area (Å²) in [5, 5.41) is 2.92. The number of carbonyl (C=O) groups is 1. The summed E-state index contributed by atoms with van der Waals surface area (Å²) in [7, 11) is -3.74. The van der Waals surface area contributed by atoms with Gasteiger partial charge in [-0.15, -0.1) is 0 Å². The third-order valence-corrected chi connectivity index (χ3v) is 8.71. The van der Waals surface area contributed by atoms with Crippen LogP contribution in [0.3, 0.4) is 0 Å². The number of nitrogens with one attached hydrogen (secondary N) is 1. The van der Waals surface area contributed by atoms with Gasteiger partial charge in [-0.25, -0.2) is 13.2 Å². The zero-order valence-electron chi connectivity index (χ0n) is 19.0. The number of para-hydroxylation sites is 3. The van der Waals surface area contributed by atoms with Crippen molar-refractivity contribution in [2.24, 2.45) is 0 Å². The Balaban J connectivity index is 1.41. The quantitative estimate of drug-likeness (QED) is 0.329. The van der Waals surface area contributed by atoms with Crippen molar-refractivity contribution in [2.45, 2.75) is 21.6 Å². The second-order valence-corrected chi connectivity index (χ2v) is 10.8. The van der Waals surface area contributed by atoms with Crippen molar-refractivity contribution < 1.29 is 13.2 Å². The van der Waals surface area contributed by atoms with Crippen LogP contribution in [0.2, 0.25) is 0 Å². The molecule has 6 nitrogen and oxygen atoms in total. The summed E-state index contributed by atoms with van der Waals surface area (Å²) in [5.74, 6) is 0. The molecule has 0 fully saturated rings. The lowest BCUT2D eigenvalue weighted by Gasteiger charge is -2.31. The van der Waals surface area contributed by atoms with Crippen molar-refractivity contribution in [3.05, 3.63) is 103 Å². The molecule has 1 N–H and O–H groups in total. The Hall–Kier alpha value is -3.75. The van der Waals surface area contributed by atoms with E-state index in [1.807, 2.05) is 66.7 Å². The fourth-order valence-electron chi connectivity index (χ4n) is 4.03. The van der Waals surface area contributed by atoms with E-state index < -0.39 is 10.0 Å². The topological polar surface area (TPSA) is 69.7 Å². The first-order chi connectivity index (χ1) is 17.0. The minimum absolute atomic E-state index is 0.159. The number of nitrogens with zero attached hydrogens (tertiary/aromatic N) is 2. The number of fused-ring (bicyclic) bond motifs is 2.